The second-order valence-electron chi connectivity index (χ2n) is 6.83. The summed E-state index contributed by atoms with van der Waals surface area (Å²) in [6.45, 7) is 8.30. The van der Waals surface area contributed by atoms with E-state index in [9.17, 15) is 0 Å². The van der Waals surface area contributed by atoms with E-state index in [-0.39, 0.29) is 24.0 Å². The lowest BCUT2D eigenvalue weighted by Crippen LogP contribution is -2.40. The third-order valence-corrected chi connectivity index (χ3v) is 5.06. The molecule has 1 saturated heterocycles. The fraction of sp³-hybridized carbons (Fsp3) is 0.500. The fourth-order valence-electron chi connectivity index (χ4n) is 3.46. The van der Waals surface area contributed by atoms with Crippen molar-refractivity contribution in [3.05, 3.63) is 53.9 Å². The summed E-state index contributed by atoms with van der Waals surface area (Å²) in [5.74, 6) is 1.58. The highest BCUT2D eigenvalue weighted by molar-refractivity contribution is 14.0. The van der Waals surface area contributed by atoms with Gasteiger partial charge in [-0.25, -0.2) is 0 Å². The number of aliphatic imine (C=N–C) groups is 1. The maximum absolute atomic E-state index is 4.37. The van der Waals surface area contributed by atoms with Crippen LogP contribution < -0.4 is 10.6 Å². The summed E-state index contributed by atoms with van der Waals surface area (Å²) in [7, 11) is 1.83. The molecule has 0 amide bonds. The Morgan fingerprint density at radius 3 is 2.70 bits per heavy atom. The molecule has 6 nitrogen and oxygen atoms in total. The van der Waals surface area contributed by atoms with Crippen LogP contribution in [0.25, 0.3) is 0 Å². The number of hydrogen-bond acceptors (Lipinski definition) is 3. The fourth-order valence-corrected chi connectivity index (χ4v) is 3.46. The van der Waals surface area contributed by atoms with Gasteiger partial charge >= 0.3 is 0 Å². The molecule has 2 heterocycles. The van der Waals surface area contributed by atoms with Gasteiger partial charge in [0.2, 0.25) is 0 Å². The number of aromatic nitrogens is 2. The third kappa shape index (κ3) is 6.49. The molecule has 0 bridgehead atoms. The normalized spacial score (nSPS) is 17.6. The number of likely N-dealkylation sites (tertiary alicyclic amines) is 1. The highest BCUT2D eigenvalue weighted by Crippen LogP contribution is 2.14. The lowest BCUT2D eigenvalue weighted by molar-refractivity contribution is 0.342. The Morgan fingerprint density at radius 1 is 1.22 bits per heavy atom. The number of halogens is 1. The van der Waals surface area contributed by atoms with Gasteiger partial charge in [-0.1, -0.05) is 31.2 Å². The van der Waals surface area contributed by atoms with Gasteiger partial charge < -0.3 is 15.5 Å². The highest BCUT2D eigenvalue weighted by atomic mass is 127. The van der Waals surface area contributed by atoms with Crippen molar-refractivity contribution in [2.45, 2.75) is 26.4 Å². The van der Waals surface area contributed by atoms with E-state index in [0.717, 1.165) is 32.1 Å². The molecule has 0 saturated carbocycles. The molecule has 0 spiro atoms. The number of nitrogens with zero attached hydrogens (tertiary/aromatic N) is 4. The van der Waals surface area contributed by atoms with Crippen LogP contribution in [0.5, 0.6) is 0 Å². The van der Waals surface area contributed by atoms with Crippen molar-refractivity contribution in [1.82, 2.24) is 25.3 Å². The van der Waals surface area contributed by atoms with Gasteiger partial charge in [-0.2, -0.15) is 5.10 Å². The van der Waals surface area contributed by atoms with Gasteiger partial charge in [0, 0.05) is 39.1 Å². The Morgan fingerprint density at radius 2 is 2.04 bits per heavy atom. The smallest absolute Gasteiger partial charge is 0.191 e. The second kappa shape index (κ2) is 11.3. The summed E-state index contributed by atoms with van der Waals surface area (Å²) < 4.78 is 1.95. The predicted molar refractivity (Wildman–Crippen MR) is 122 cm³/mol. The van der Waals surface area contributed by atoms with Crippen LogP contribution in [0.1, 0.15) is 24.5 Å². The molecule has 1 aliphatic heterocycles. The zero-order chi connectivity index (χ0) is 18.2. The second-order valence-corrected chi connectivity index (χ2v) is 6.83. The third-order valence-electron chi connectivity index (χ3n) is 5.06. The Balaban J connectivity index is 0.00000261. The molecule has 1 aromatic heterocycles. The first-order chi connectivity index (χ1) is 12.8. The first-order valence-corrected chi connectivity index (χ1v) is 9.49. The van der Waals surface area contributed by atoms with Gasteiger partial charge in [0.05, 0.1) is 6.54 Å². The number of hydrogen-bond donors (Lipinski definition) is 2. The molecule has 148 valence electrons. The molecule has 1 unspecified atom stereocenters. The zero-order valence-electron chi connectivity index (χ0n) is 16.3. The summed E-state index contributed by atoms with van der Waals surface area (Å²) in [6.07, 6.45) is 5.08. The summed E-state index contributed by atoms with van der Waals surface area (Å²) >= 11 is 0. The Kier molecular flexibility index (Phi) is 9.06. The summed E-state index contributed by atoms with van der Waals surface area (Å²) in [5.41, 5.74) is 2.54. The van der Waals surface area contributed by atoms with Gasteiger partial charge in [0.1, 0.15) is 0 Å². The van der Waals surface area contributed by atoms with E-state index in [0.29, 0.717) is 5.92 Å². The number of rotatable bonds is 7. The summed E-state index contributed by atoms with van der Waals surface area (Å²) in [6, 6.07) is 10.4. The van der Waals surface area contributed by atoms with Crippen LogP contribution in [0.2, 0.25) is 0 Å². The minimum Gasteiger partial charge on any atom is -0.356 e. The number of benzene rings is 1. The number of guanidine groups is 1. The Hall–Kier alpha value is -1.61. The first kappa shape index (κ1) is 21.7. The molecular weight excluding hydrogens is 451 g/mol. The van der Waals surface area contributed by atoms with Crippen molar-refractivity contribution >= 4 is 29.9 Å². The van der Waals surface area contributed by atoms with Gasteiger partial charge in [-0.3, -0.25) is 9.67 Å². The average Bonchev–Trinajstić information content (AvgIpc) is 3.34. The molecule has 3 rings (SSSR count). The van der Waals surface area contributed by atoms with Crippen LogP contribution in [0, 0.1) is 5.92 Å². The molecular formula is C20H31IN6. The van der Waals surface area contributed by atoms with Crippen LogP contribution in [0.3, 0.4) is 0 Å². The molecule has 2 N–H and O–H groups in total. The Bertz CT molecular complexity index is 700. The van der Waals surface area contributed by atoms with Gasteiger partial charge in [0.25, 0.3) is 0 Å². The molecule has 7 heteroatoms. The minimum atomic E-state index is 0. The molecule has 0 aliphatic carbocycles. The van der Waals surface area contributed by atoms with Crippen molar-refractivity contribution in [2.75, 3.05) is 33.2 Å². The minimum absolute atomic E-state index is 0. The van der Waals surface area contributed by atoms with Crippen molar-refractivity contribution in [1.29, 1.82) is 0 Å². The largest absolute Gasteiger partial charge is 0.356 e. The van der Waals surface area contributed by atoms with Crippen LogP contribution in [-0.4, -0.2) is 53.9 Å². The monoisotopic (exact) mass is 482 g/mol. The van der Waals surface area contributed by atoms with E-state index in [1.165, 1.54) is 30.6 Å². The summed E-state index contributed by atoms with van der Waals surface area (Å²) in [4.78, 5) is 6.88. The van der Waals surface area contributed by atoms with Crippen LogP contribution in [0.4, 0.5) is 0 Å². The van der Waals surface area contributed by atoms with E-state index in [1.807, 2.05) is 30.2 Å². The van der Waals surface area contributed by atoms with Crippen LogP contribution in [0.15, 0.2) is 47.7 Å². The topological polar surface area (TPSA) is 57.5 Å². The van der Waals surface area contributed by atoms with E-state index < -0.39 is 0 Å². The van der Waals surface area contributed by atoms with Crippen molar-refractivity contribution in [3.8, 4) is 0 Å². The first-order valence-electron chi connectivity index (χ1n) is 9.49. The molecule has 0 radical (unpaired) electrons. The van der Waals surface area contributed by atoms with Gasteiger partial charge in [0.15, 0.2) is 5.96 Å². The van der Waals surface area contributed by atoms with E-state index in [2.05, 4.69) is 56.8 Å². The maximum Gasteiger partial charge on any atom is 0.191 e. The lowest BCUT2D eigenvalue weighted by Gasteiger charge is -2.17. The molecule has 27 heavy (non-hydrogen) atoms. The highest BCUT2D eigenvalue weighted by Gasteiger charge is 2.20. The summed E-state index contributed by atoms with van der Waals surface area (Å²) in [5, 5.41) is 11.2. The molecule has 1 fully saturated rings. The van der Waals surface area contributed by atoms with Gasteiger partial charge in [-0.05, 0) is 42.6 Å². The standard InChI is InChI=1S/C20H30N6.HI/c1-3-25-12-9-17(15-25)13-22-20(21-2)23-14-18-7-4-5-8-19(18)16-26-11-6-10-24-26;/h4-8,10-11,17H,3,9,12-16H2,1-2H3,(H2,21,22,23);1H. The van der Waals surface area contributed by atoms with Crippen molar-refractivity contribution in [2.24, 2.45) is 10.9 Å². The molecule has 1 aromatic carbocycles. The van der Waals surface area contributed by atoms with E-state index in [1.54, 1.807) is 0 Å². The SMILES string of the molecule is CCN1CCC(CNC(=NC)NCc2ccccc2Cn2cccn2)C1.I. The predicted octanol–water partition coefficient (Wildman–Crippen LogP) is 2.56. The lowest BCUT2D eigenvalue weighted by atomic mass is 10.1. The van der Waals surface area contributed by atoms with E-state index in [4.69, 9.17) is 0 Å². The van der Waals surface area contributed by atoms with Crippen molar-refractivity contribution < 1.29 is 0 Å². The van der Waals surface area contributed by atoms with E-state index >= 15 is 0 Å². The van der Waals surface area contributed by atoms with Crippen LogP contribution in [-0.2, 0) is 13.1 Å². The average molecular weight is 482 g/mol. The molecule has 1 atom stereocenters. The molecule has 2 aromatic rings. The Labute approximate surface area is 179 Å². The van der Waals surface area contributed by atoms with Gasteiger partial charge in [-0.15, -0.1) is 24.0 Å². The molecule has 1 aliphatic rings. The van der Waals surface area contributed by atoms with Crippen LogP contribution >= 0.6 is 24.0 Å². The maximum atomic E-state index is 4.37. The van der Waals surface area contributed by atoms with Crippen molar-refractivity contribution in [3.63, 3.8) is 0 Å². The quantitative estimate of drug-likeness (QED) is 0.362. The number of nitrogens with one attached hydrogen (secondary N) is 2. The zero-order valence-corrected chi connectivity index (χ0v) is 18.6.